The molecule has 1 saturated heterocycles. The van der Waals surface area contributed by atoms with Crippen molar-refractivity contribution in [2.75, 3.05) is 25.2 Å². The number of aromatic hydroxyl groups is 1. The number of benzene rings is 1. The molecule has 1 aliphatic heterocycles. The molecule has 0 amide bonds. The van der Waals surface area contributed by atoms with Crippen molar-refractivity contribution in [1.29, 1.82) is 0 Å². The minimum Gasteiger partial charge on any atom is -0.506 e. The number of phenolic OH excluding ortho intramolecular Hbond substituents is 1. The number of ether oxygens (including phenoxy) is 1. The Labute approximate surface area is 101 Å². The number of hydrogen-bond donors (Lipinski definition) is 1. The van der Waals surface area contributed by atoms with Crippen molar-refractivity contribution in [2.24, 2.45) is 0 Å². The van der Waals surface area contributed by atoms with Crippen LogP contribution in [-0.2, 0) is 4.74 Å². The fraction of sp³-hybridized carbons (Fsp3) is 0.500. The van der Waals surface area contributed by atoms with Gasteiger partial charge in [-0.05, 0) is 25.0 Å². The number of hydrogen-bond acceptors (Lipinski definition) is 3. The lowest BCUT2D eigenvalue weighted by Crippen LogP contribution is -2.32. The number of nitrogens with zero attached hydrogens (tertiary/aromatic N) is 1. The summed E-state index contributed by atoms with van der Waals surface area (Å²) in [5.41, 5.74) is 0.904. The van der Waals surface area contributed by atoms with Crippen molar-refractivity contribution in [1.82, 2.24) is 0 Å². The minimum absolute atomic E-state index is 0.141. The lowest BCUT2D eigenvalue weighted by molar-refractivity contribution is 0.181. The van der Waals surface area contributed by atoms with E-state index in [9.17, 15) is 5.11 Å². The van der Waals surface area contributed by atoms with Crippen molar-refractivity contribution < 1.29 is 9.84 Å². The highest BCUT2D eigenvalue weighted by Gasteiger charge is 2.26. The van der Waals surface area contributed by atoms with Gasteiger partial charge in [0.2, 0.25) is 0 Å². The van der Waals surface area contributed by atoms with Crippen LogP contribution in [0.4, 0.5) is 5.69 Å². The lowest BCUT2D eigenvalue weighted by Gasteiger charge is -2.27. The summed E-state index contributed by atoms with van der Waals surface area (Å²) in [6, 6.07) is 5.73. The molecule has 1 heterocycles. The maximum atomic E-state index is 9.59. The summed E-state index contributed by atoms with van der Waals surface area (Å²) in [5.74, 6) is 0.141. The molecule has 1 N–H and O–H groups in total. The molecule has 1 aromatic carbocycles. The largest absolute Gasteiger partial charge is 0.506 e. The van der Waals surface area contributed by atoms with Crippen LogP contribution >= 0.6 is 11.6 Å². The average Bonchev–Trinajstić information content (AvgIpc) is 2.71. The molecule has 1 aromatic rings. The monoisotopic (exact) mass is 241 g/mol. The third-order valence-electron chi connectivity index (χ3n) is 3.00. The molecular weight excluding hydrogens is 226 g/mol. The van der Waals surface area contributed by atoms with Crippen LogP contribution in [0.2, 0.25) is 5.02 Å². The molecule has 0 aromatic heterocycles. The van der Waals surface area contributed by atoms with Crippen molar-refractivity contribution in [2.45, 2.75) is 18.9 Å². The molecule has 16 heavy (non-hydrogen) atoms. The quantitative estimate of drug-likeness (QED) is 0.883. The maximum Gasteiger partial charge on any atom is 0.136 e. The topological polar surface area (TPSA) is 32.7 Å². The molecule has 2 rings (SSSR count). The van der Waals surface area contributed by atoms with E-state index in [0.29, 0.717) is 17.7 Å². The van der Waals surface area contributed by atoms with Gasteiger partial charge in [0.1, 0.15) is 10.8 Å². The second-order valence-electron chi connectivity index (χ2n) is 4.06. The molecule has 88 valence electrons. The number of methoxy groups -OCH3 is 1. The van der Waals surface area contributed by atoms with Crippen LogP contribution < -0.4 is 4.90 Å². The van der Waals surface area contributed by atoms with Crippen LogP contribution in [0.3, 0.4) is 0 Å². The molecule has 0 radical (unpaired) electrons. The van der Waals surface area contributed by atoms with Gasteiger partial charge in [0, 0.05) is 13.7 Å². The van der Waals surface area contributed by atoms with Gasteiger partial charge < -0.3 is 14.7 Å². The Hall–Kier alpha value is -0.930. The molecule has 1 unspecified atom stereocenters. The average molecular weight is 242 g/mol. The molecule has 1 aliphatic rings. The van der Waals surface area contributed by atoms with E-state index in [4.69, 9.17) is 16.3 Å². The fourth-order valence-corrected chi connectivity index (χ4v) is 2.48. The van der Waals surface area contributed by atoms with Crippen LogP contribution in [0, 0.1) is 0 Å². The summed E-state index contributed by atoms with van der Waals surface area (Å²) in [6.45, 7) is 1.67. The molecule has 0 spiro atoms. The van der Waals surface area contributed by atoms with Crippen LogP contribution in [0.15, 0.2) is 18.2 Å². The summed E-state index contributed by atoms with van der Waals surface area (Å²) < 4.78 is 5.20. The summed E-state index contributed by atoms with van der Waals surface area (Å²) in [5, 5.41) is 10.0. The summed E-state index contributed by atoms with van der Waals surface area (Å²) in [6.07, 6.45) is 2.25. The SMILES string of the molecule is COCC1CCCN1c1cccc(O)c1Cl. The van der Waals surface area contributed by atoms with Gasteiger partial charge in [-0.2, -0.15) is 0 Å². The first-order chi connectivity index (χ1) is 7.74. The Kier molecular flexibility index (Phi) is 3.56. The van der Waals surface area contributed by atoms with E-state index in [0.717, 1.165) is 25.1 Å². The zero-order valence-corrected chi connectivity index (χ0v) is 10.1. The highest BCUT2D eigenvalue weighted by Crippen LogP contribution is 2.36. The zero-order valence-electron chi connectivity index (χ0n) is 9.32. The number of rotatable bonds is 3. The first-order valence-corrected chi connectivity index (χ1v) is 5.85. The molecule has 0 aliphatic carbocycles. The van der Waals surface area contributed by atoms with Gasteiger partial charge in [0.05, 0.1) is 18.3 Å². The van der Waals surface area contributed by atoms with Crippen molar-refractivity contribution >= 4 is 17.3 Å². The van der Waals surface area contributed by atoms with Crippen LogP contribution in [0.1, 0.15) is 12.8 Å². The number of phenols is 1. The van der Waals surface area contributed by atoms with Gasteiger partial charge >= 0.3 is 0 Å². The van der Waals surface area contributed by atoms with E-state index in [2.05, 4.69) is 4.90 Å². The highest BCUT2D eigenvalue weighted by atomic mass is 35.5. The Morgan fingerprint density at radius 2 is 2.38 bits per heavy atom. The lowest BCUT2D eigenvalue weighted by atomic mass is 10.2. The van der Waals surface area contributed by atoms with E-state index >= 15 is 0 Å². The summed E-state index contributed by atoms with van der Waals surface area (Å²) in [4.78, 5) is 2.21. The Balaban J connectivity index is 2.25. The first-order valence-electron chi connectivity index (χ1n) is 5.47. The van der Waals surface area contributed by atoms with Crippen molar-refractivity contribution in [3.05, 3.63) is 23.2 Å². The standard InChI is InChI=1S/C12H16ClNO2/c1-16-8-9-4-3-7-14(9)10-5-2-6-11(15)12(10)13/h2,5-6,9,15H,3-4,7-8H2,1H3. The predicted octanol–water partition coefficient (Wildman–Crippen LogP) is 2.66. The maximum absolute atomic E-state index is 9.59. The van der Waals surface area contributed by atoms with Gasteiger partial charge in [-0.3, -0.25) is 0 Å². The predicted molar refractivity (Wildman–Crippen MR) is 65.4 cm³/mol. The van der Waals surface area contributed by atoms with Crippen LogP contribution in [0.5, 0.6) is 5.75 Å². The van der Waals surface area contributed by atoms with Gasteiger partial charge in [-0.15, -0.1) is 0 Å². The molecule has 1 atom stereocenters. The Bertz CT molecular complexity index is 370. The zero-order chi connectivity index (χ0) is 11.5. The van der Waals surface area contributed by atoms with Gasteiger partial charge in [-0.1, -0.05) is 17.7 Å². The van der Waals surface area contributed by atoms with Gasteiger partial charge in [0.25, 0.3) is 0 Å². The summed E-state index contributed by atoms with van der Waals surface area (Å²) in [7, 11) is 1.71. The Morgan fingerprint density at radius 1 is 1.56 bits per heavy atom. The minimum atomic E-state index is 0.141. The van der Waals surface area contributed by atoms with E-state index in [1.807, 2.05) is 12.1 Å². The highest BCUT2D eigenvalue weighted by molar-refractivity contribution is 6.34. The molecular formula is C12H16ClNO2. The van der Waals surface area contributed by atoms with Gasteiger partial charge in [-0.25, -0.2) is 0 Å². The molecule has 1 fully saturated rings. The third-order valence-corrected chi connectivity index (χ3v) is 3.39. The number of anilines is 1. The molecule has 0 bridgehead atoms. The second kappa shape index (κ2) is 4.93. The van der Waals surface area contributed by atoms with E-state index in [-0.39, 0.29) is 5.75 Å². The van der Waals surface area contributed by atoms with Gasteiger partial charge in [0.15, 0.2) is 0 Å². The van der Waals surface area contributed by atoms with Crippen LogP contribution in [0.25, 0.3) is 0 Å². The molecule has 0 saturated carbocycles. The third kappa shape index (κ3) is 2.11. The smallest absolute Gasteiger partial charge is 0.136 e. The fourth-order valence-electron chi connectivity index (χ4n) is 2.25. The van der Waals surface area contributed by atoms with E-state index < -0.39 is 0 Å². The summed E-state index contributed by atoms with van der Waals surface area (Å²) >= 11 is 6.11. The van der Waals surface area contributed by atoms with E-state index in [1.54, 1.807) is 13.2 Å². The van der Waals surface area contributed by atoms with Crippen molar-refractivity contribution in [3.8, 4) is 5.75 Å². The molecule has 4 heteroatoms. The van der Waals surface area contributed by atoms with E-state index in [1.165, 1.54) is 0 Å². The Morgan fingerprint density at radius 3 is 3.12 bits per heavy atom. The normalized spacial score (nSPS) is 20.4. The first kappa shape index (κ1) is 11.6. The molecule has 3 nitrogen and oxygen atoms in total. The van der Waals surface area contributed by atoms with Crippen molar-refractivity contribution in [3.63, 3.8) is 0 Å². The second-order valence-corrected chi connectivity index (χ2v) is 4.43. The number of halogens is 1. The van der Waals surface area contributed by atoms with Crippen LogP contribution in [-0.4, -0.2) is 31.4 Å².